The molecule has 0 fully saturated rings. The van der Waals surface area contributed by atoms with Crippen LogP contribution in [0.25, 0.3) is 0 Å². The third-order valence-electron chi connectivity index (χ3n) is 4.55. The van der Waals surface area contributed by atoms with Crippen molar-refractivity contribution in [3.63, 3.8) is 0 Å². The Balaban J connectivity index is 2.23. The standard InChI is InChI=1S/C23H33N7O2/c1-23(2,3)18(24)16-20(28-22(31)32-17-10-8-7-9-11-17)26-19-12-13-25-21(27-19)30(6)15-14-29(4)5/h7-13,24H,14-16H2,1-6H3,(H,25,26,27,28,31). The van der Waals surface area contributed by atoms with Gasteiger partial charge in [-0.25, -0.2) is 14.8 Å². The van der Waals surface area contributed by atoms with E-state index in [1.54, 1.807) is 36.5 Å². The maximum atomic E-state index is 12.4. The molecule has 0 aliphatic carbocycles. The fraction of sp³-hybridized carbons (Fsp3) is 0.435. The first kappa shape index (κ1) is 24.9. The van der Waals surface area contributed by atoms with Crippen LogP contribution in [0.15, 0.2) is 47.6 Å². The molecule has 2 aromatic rings. The fourth-order valence-corrected chi connectivity index (χ4v) is 2.46. The maximum absolute atomic E-state index is 12.4. The minimum Gasteiger partial charge on any atom is -0.410 e. The first-order valence-corrected chi connectivity index (χ1v) is 10.4. The minimum absolute atomic E-state index is 0.156. The molecule has 0 atom stereocenters. The van der Waals surface area contributed by atoms with Gasteiger partial charge in [-0.1, -0.05) is 39.0 Å². The predicted molar refractivity (Wildman–Crippen MR) is 128 cm³/mol. The van der Waals surface area contributed by atoms with Gasteiger partial charge in [0.15, 0.2) is 5.82 Å². The first-order chi connectivity index (χ1) is 15.0. The molecule has 172 valence electrons. The van der Waals surface area contributed by atoms with Gasteiger partial charge in [-0.2, -0.15) is 4.98 Å². The van der Waals surface area contributed by atoms with Crippen LogP contribution in [0, 0.1) is 10.8 Å². The molecule has 0 saturated carbocycles. The van der Waals surface area contributed by atoms with Gasteiger partial charge in [0, 0.05) is 44.5 Å². The zero-order valence-electron chi connectivity index (χ0n) is 19.7. The number of benzene rings is 1. The van der Waals surface area contributed by atoms with Gasteiger partial charge in [-0.3, -0.25) is 5.32 Å². The highest BCUT2D eigenvalue weighted by Crippen LogP contribution is 2.19. The Bertz CT molecular complexity index is 937. The number of para-hydroxylation sites is 1. The van der Waals surface area contributed by atoms with E-state index in [4.69, 9.17) is 10.1 Å². The normalized spacial score (nSPS) is 11.9. The number of aromatic nitrogens is 2. The molecule has 0 aliphatic heterocycles. The second kappa shape index (κ2) is 11.3. The van der Waals surface area contributed by atoms with Crippen molar-refractivity contribution in [2.75, 3.05) is 39.1 Å². The van der Waals surface area contributed by atoms with Gasteiger partial charge in [0.2, 0.25) is 5.95 Å². The molecule has 9 heteroatoms. The average Bonchev–Trinajstić information content (AvgIpc) is 2.72. The summed E-state index contributed by atoms with van der Waals surface area (Å²) in [5, 5.41) is 11.1. The maximum Gasteiger partial charge on any atom is 0.418 e. The van der Waals surface area contributed by atoms with Crippen LogP contribution < -0.4 is 15.0 Å². The Morgan fingerprint density at radius 1 is 1.12 bits per heavy atom. The molecule has 2 rings (SSSR count). The second-order valence-corrected chi connectivity index (χ2v) is 8.73. The molecule has 1 aromatic carbocycles. The molecule has 32 heavy (non-hydrogen) atoms. The van der Waals surface area contributed by atoms with E-state index < -0.39 is 6.09 Å². The Hall–Kier alpha value is -3.33. The summed E-state index contributed by atoms with van der Waals surface area (Å²) in [7, 11) is 5.93. The lowest BCUT2D eigenvalue weighted by Crippen LogP contribution is -2.36. The third-order valence-corrected chi connectivity index (χ3v) is 4.55. The molecule has 0 spiro atoms. The number of carbonyl (C=O) groups is 1. The molecule has 1 heterocycles. The molecular formula is C23H33N7O2. The Labute approximate surface area is 190 Å². The summed E-state index contributed by atoms with van der Waals surface area (Å²) in [6.07, 6.45) is 1.11. The first-order valence-electron chi connectivity index (χ1n) is 10.4. The SMILES string of the molecule is CN(C)CCN(C)c1nccc(N=C(CC(=N)C(C)(C)C)NC(=O)Oc2ccccc2)n1. The van der Waals surface area contributed by atoms with Gasteiger partial charge in [0.05, 0.1) is 0 Å². The zero-order valence-corrected chi connectivity index (χ0v) is 19.7. The Morgan fingerprint density at radius 3 is 2.44 bits per heavy atom. The molecule has 2 N–H and O–H groups in total. The predicted octanol–water partition coefficient (Wildman–Crippen LogP) is 3.75. The highest BCUT2D eigenvalue weighted by molar-refractivity contribution is 6.09. The average molecular weight is 440 g/mol. The van der Waals surface area contributed by atoms with Crippen molar-refractivity contribution in [2.24, 2.45) is 10.4 Å². The van der Waals surface area contributed by atoms with E-state index in [1.807, 2.05) is 52.9 Å². The van der Waals surface area contributed by atoms with Crippen molar-refractivity contribution in [1.82, 2.24) is 20.2 Å². The van der Waals surface area contributed by atoms with Crippen LogP contribution in [0.4, 0.5) is 16.6 Å². The fourth-order valence-electron chi connectivity index (χ4n) is 2.46. The third kappa shape index (κ3) is 8.43. The molecule has 0 aliphatic rings. The second-order valence-electron chi connectivity index (χ2n) is 8.73. The van der Waals surface area contributed by atoms with E-state index in [1.165, 1.54) is 0 Å². The number of ether oxygens (including phenoxy) is 1. The van der Waals surface area contributed by atoms with Crippen molar-refractivity contribution in [2.45, 2.75) is 27.2 Å². The summed E-state index contributed by atoms with van der Waals surface area (Å²) in [6, 6.07) is 10.4. The lowest BCUT2D eigenvalue weighted by Gasteiger charge is -2.21. The van der Waals surface area contributed by atoms with Gasteiger partial charge >= 0.3 is 6.09 Å². The van der Waals surface area contributed by atoms with Gasteiger partial charge in [0.25, 0.3) is 0 Å². The van der Waals surface area contributed by atoms with E-state index in [0.717, 1.165) is 13.1 Å². The number of hydrogen-bond acceptors (Lipinski definition) is 8. The summed E-state index contributed by atoms with van der Waals surface area (Å²) in [5.74, 6) is 1.63. The highest BCUT2D eigenvalue weighted by Gasteiger charge is 2.21. The molecule has 9 nitrogen and oxygen atoms in total. The number of nitrogens with zero attached hydrogens (tertiary/aromatic N) is 5. The molecule has 1 amide bonds. The van der Waals surface area contributed by atoms with Crippen LogP contribution in [0.5, 0.6) is 5.75 Å². The largest absolute Gasteiger partial charge is 0.418 e. The summed E-state index contributed by atoms with van der Waals surface area (Å²) >= 11 is 0. The van der Waals surface area contributed by atoms with Crippen molar-refractivity contribution >= 4 is 29.4 Å². The lowest BCUT2D eigenvalue weighted by atomic mass is 9.88. The molecule has 0 saturated heterocycles. The molecule has 1 aromatic heterocycles. The van der Waals surface area contributed by atoms with Gasteiger partial charge < -0.3 is 19.9 Å². The van der Waals surface area contributed by atoms with Crippen LogP contribution >= 0.6 is 0 Å². The summed E-state index contributed by atoms with van der Waals surface area (Å²) in [6.45, 7) is 7.44. The van der Waals surface area contributed by atoms with Gasteiger partial charge in [-0.15, -0.1) is 0 Å². The number of amidine groups is 1. The number of anilines is 1. The van der Waals surface area contributed by atoms with Gasteiger partial charge in [0.1, 0.15) is 11.6 Å². The number of amides is 1. The monoisotopic (exact) mass is 439 g/mol. The van der Waals surface area contributed by atoms with Crippen LogP contribution in [0.2, 0.25) is 0 Å². The molecule has 0 bridgehead atoms. The van der Waals surface area contributed by atoms with E-state index in [0.29, 0.717) is 23.2 Å². The minimum atomic E-state index is -0.672. The van der Waals surface area contributed by atoms with Crippen LogP contribution in [-0.2, 0) is 0 Å². The Kier molecular flexibility index (Phi) is 8.83. The quantitative estimate of drug-likeness (QED) is 0.479. The van der Waals surface area contributed by atoms with E-state index in [2.05, 4.69) is 25.2 Å². The number of aliphatic imine (C=N–C) groups is 1. The van der Waals surface area contributed by atoms with Gasteiger partial charge in [-0.05, 0) is 31.6 Å². The molecular weight excluding hydrogens is 406 g/mol. The van der Waals surface area contributed by atoms with E-state index >= 15 is 0 Å². The zero-order chi connectivity index (χ0) is 23.7. The summed E-state index contributed by atoms with van der Waals surface area (Å²) in [4.78, 5) is 29.8. The number of carbonyl (C=O) groups excluding carboxylic acids is 1. The Morgan fingerprint density at radius 2 is 1.81 bits per heavy atom. The highest BCUT2D eigenvalue weighted by atomic mass is 16.6. The smallest absolute Gasteiger partial charge is 0.410 e. The van der Waals surface area contributed by atoms with E-state index in [-0.39, 0.29) is 17.7 Å². The number of likely N-dealkylation sites (N-methyl/N-ethyl adjacent to an activating group) is 2. The van der Waals surface area contributed by atoms with E-state index in [9.17, 15) is 4.79 Å². The van der Waals surface area contributed by atoms with Crippen LogP contribution in [-0.4, -0.2) is 66.7 Å². The van der Waals surface area contributed by atoms with Crippen molar-refractivity contribution < 1.29 is 9.53 Å². The topological polar surface area (TPSA) is 107 Å². The molecule has 0 unspecified atom stereocenters. The van der Waals surface area contributed by atoms with Crippen molar-refractivity contribution in [3.8, 4) is 5.75 Å². The number of hydrogen-bond donors (Lipinski definition) is 2. The number of nitrogens with one attached hydrogen (secondary N) is 2. The lowest BCUT2D eigenvalue weighted by molar-refractivity contribution is 0.206. The molecule has 0 radical (unpaired) electrons. The summed E-state index contributed by atoms with van der Waals surface area (Å²) < 4.78 is 5.32. The van der Waals surface area contributed by atoms with Crippen molar-refractivity contribution in [3.05, 3.63) is 42.6 Å². The number of rotatable bonds is 8. The van der Waals surface area contributed by atoms with Crippen LogP contribution in [0.3, 0.4) is 0 Å². The van der Waals surface area contributed by atoms with Crippen LogP contribution in [0.1, 0.15) is 27.2 Å². The van der Waals surface area contributed by atoms with Crippen molar-refractivity contribution in [1.29, 1.82) is 5.41 Å². The summed E-state index contributed by atoms with van der Waals surface area (Å²) in [5.41, 5.74) is 0.0586.